The van der Waals surface area contributed by atoms with Crippen molar-refractivity contribution in [2.45, 2.75) is 13.3 Å². The maximum atomic E-state index is 12.5. The van der Waals surface area contributed by atoms with Crippen molar-refractivity contribution < 1.29 is 8.78 Å². The average Bonchev–Trinajstić information content (AvgIpc) is 2.56. The Morgan fingerprint density at radius 1 is 1.43 bits per heavy atom. The molecule has 2 rings (SSSR count). The number of aromatic nitrogens is 2. The van der Waals surface area contributed by atoms with Gasteiger partial charge in [0.05, 0.1) is 5.02 Å². The number of hydrogen-bond donors (Lipinski definition) is 1. The van der Waals surface area contributed by atoms with Gasteiger partial charge in [-0.25, -0.2) is 8.78 Å². The normalized spacial score (nSPS) is 11.5. The van der Waals surface area contributed by atoms with Gasteiger partial charge in [-0.15, -0.1) is 0 Å². The highest BCUT2D eigenvalue weighted by Crippen LogP contribution is 2.31. The van der Waals surface area contributed by atoms with Crippen LogP contribution in [-0.4, -0.2) is 10.2 Å². The molecule has 0 saturated carbocycles. The number of H-pyrrole nitrogens is 1. The van der Waals surface area contributed by atoms with Gasteiger partial charge in [0, 0.05) is 5.39 Å². The Balaban J connectivity index is 2.84. The van der Waals surface area contributed by atoms with Gasteiger partial charge < -0.3 is 0 Å². The van der Waals surface area contributed by atoms with Crippen molar-refractivity contribution in [2.24, 2.45) is 0 Å². The molecular weight excluding hydrogens is 210 g/mol. The van der Waals surface area contributed by atoms with Gasteiger partial charge in [-0.05, 0) is 18.6 Å². The molecule has 0 aliphatic rings. The largest absolute Gasteiger partial charge is 0.280 e. The topological polar surface area (TPSA) is 28.7 Å². The van der Waals surface area contributed by atoms with Crippen LogP contribution in [0.2, 0.25) is 5.02 Å². The van der Waals surface area contributed by atoms with Crippen molar-refractivity contribution >= 4 is 22.5 Å². The Bertz CT molecular complexity index is 479. The number of aryl methyl sites for hydroxylation is 1. The lowest BCUT2D eigenvalue weighted by Gasteiger charge is -1.99. The van der Waals surface area contributed by atoms with Crippen molar-refractivity contribution in [1.29, 1.82) is 0 Å². The molecule has 0 aliphatic carbocycles. The maximum Gasteiger partial charge on any atom is 0.280 e. The minimum Gasteiger partial charge on any atom is -0.275 e. The first-order chi connectivity index (χ1) is 6.61. The predicted molar refractivity (Wildman–Crippen MR) is 50.8 cm³/mol. The molecule has 5 heteroatoms. The minimum absolute atomic E-state index is 0.167. The molecule has 0 spiro atoms. The van der Waals surface area contributed by atoms with Crippen molar-refractivity contribution in [3.05, 3.63) is 28.4 Å². The highest BCUT2D eigenvalue weighted by atomic mass is 35.5. The van der Waals surface area contributed by atoms with E-state index in [1.165, 1.54) is 0 Å². The van der Waals surface area contributed by atoms with Crippen LogP contribution in [-0.2, 0) is 0 Å². The highest BCUT2D eigenvalue weighted by Gasteiger charge is 2.17. The number of hydrogen-bond acceptors (Lipinski definition) is 1. The summed E-state index contributed by atoms with van der Waals surface area (Å²) in [6.07, 6.45) is -2.56. The Morgan fingerprint density at radius 2 is 2.14 bits per heavy atom. The summed E-state index contributed by atoms with van der Waals surface area (Å²) < 4.78 is 25.1. The van der Waals surface area contributed by atoms with Gasteiger partial charge in [-0.2, -0.15) is 5.10 Å². The fourth-order valence-corrected chi connectivity index (χ4v) is 1.65. The van der Waals surface area contributed by atoms with E-state index in [-0.39, 0.29) is 5.69 Å². The van der Waals surface area contributed by atoms with Gasteiger partial charge in [0.15, 0.2) is 0 Å². The number of nitrogens with one attached hydrogen (secondary N) is 1. The molecule has 1 aromatic heterocycles. The van der Waals surface area contributed by atoms with Gasteiger partial charge in [0.2, 0.25) is 0 Å². The molecule has 0 radical (unpaired) electrons. The van der Waals surface area contributed by atoms with Gasteiger partial charge in [0.25, 0.3) is 6.43 Å². The lowest BCUT2D eigenvalue weighted by molar-refractivity contribution is 0.147. The summed E-state index contributed by atoms with van der Waals surface area (Å²) in [5.41, 5.74) is 0.982. The fourth-order valence-electron chi connectivity index (χ4n) is 1.45. The number of fused-ring (bicyclic) bond motifs is 1. The molecule has 74 valence electrons. The quantitative estimate of drug-likeness (QED) is 0.777. The first kappa shape index (κ1) is 9.40. The zero-order valence-electron chi connectivity index (χ0n) is 7.31. The molecule has 0 amide bonds. The molecule has 14 heavy (non-hydrogen) atoms. The molecule has 2 aromatic rings. The number of benzene rings is 1. The Morgan fingerprint density at radius 3 is 2.79 bits per heavy atom. The number of nitrogens with zero attached hydrogens (tertiary/aromatic N) is 1. The van der Waals surface area contributed by atoms with E-state index in [9.17, 15) is 8.78 Å². The first-order valence-electron chi connectivity index (χ1n) is 4.02. The number of rotatable bonds is 1. The second kappa shape index (κ2) is 3.20. The summed E-state index contributed by atoms with van der Waals surface area (Å²) in [5.74, 6) is 0. The summed E-state index contributed by atoms with van der Waals surface area (Å²) in [7, 11) is 0. The van der Waals surface area contributed by atoms with E-state index in [1.54, 1.807) is 19.1 Å². The van der Waals surface area contributed by atoms with Crippen molar-refractivity contribution in [3.63, 3.8) is 0 Å². The minimum atomic E-state index is -2.56. The second-order valence-electron chi connectivity index (χ2n) is 3.03. The van der Waals surface area contributed by atoms with E-state index in [1.807, 2.05) is 0 Å². The molecule has 1 heterocycles. The van der Waals surface area contributed by atoms with Crippen LogP contribution < -0.4 is 0 Å². The van der Waals surface area contributed by atoms with Gasteiger partial charge in [0.1, 0.15) is 11.2 Å². The van der Waals surface area contributed by atoms with Crippen LogP contribution in [0.25, 0.3) is 10.9 Å². The van der Waals surface area contributed by atoms with Crippen LogP contribution in [0, 0.1) is 6.92 Å². The van der Waals surface area contributed by atoms with E-state index in [0.29, 0.717) is 15.9 Å². The summed E-state index contributed by atoms with van der Waals surface area (Å²) in [6, 6.07) is 3.35. The van der Waals surface area contributed by atoms with E-state index in [2.05, 4.69) is 10.2 Å². The molecule has 0 aliphatic heterocycles. The van der Waals surface area contributed by atoms with E-state index < -0.39 is 6.43 Å². The van der Waals surface area contributed by atoms with Crippen molar-refractivity contribution in [2.75, 3.05) is 0 Å². The Hall–Kier alpha value is -1.16. The van der Waals surface area contributed by atoms with Crippen LogP contribution in [0.4, 0.5) is 8.78 Å². The van der Waals surface area contributed by atoms with E-state index >= 15 is 0 Å². The van der Waals surface area contributed by atoms with Crippen molar-refractivity contribution in [3.8, 4) is 0 Å². The maximum absolute atomic E-state index is 12.5. The zero-order chi connectivity index (χ0) is 10.3. The molecule has 0 fully saturated rings. The number of halogens is 3. The third kappa shape index (κ3) is 1.26. The third-order valence-corrected chi connectivity index (χ3v) is 2.42. The standard InChI is InChI=1S/C9H7ClF2N2/c1-4-2-3-5(10)7-6(4)8(9(11)12)14-13-7/h2-3,9H,1H3,(H,13,14). The fraction of sp³-hybridized carbons (Fsp3) is 0.222. The Kier molecular flexibility index (Phi) is 2.15. The molecule has 0 unspecified atom stereocenters. The SMILES string of the molecule is Cc1ccc(Cl)c2n[nH]c(C(F)F)c12. The Labute approximate surface area is 83.9 Å². The van der Waals surface area contributed by atoms with Crippen LogP contribution in [0.5, 0.6) is 0 Å². The van der Waals surface area contributed by atoms with Crippen LogP contribution in [0.1, 0.15) is 17.7 Å². The lowest BCUT2D eigenvalue weighted by atomic mass is 10.1. The number of aromatic amines is 1. The molecule has 1 N–H and O–H groups in total. The molecule has 2 nitrogen and oxygen atoms in total. The van der Waals surface area contributed by atoms with Crippen LogP contribution in [0.3, 0.4) is 0 Å². The molecule has 0 bridgehead atoms. The smallest absolute Gasteiger partial charge is 0.275 e. The molecular formula is C9H7ClF2N2. The predicted octanol–water partition coefficient (Wildman–Crippen LogP) is 3.46. The average molecular weight is 217 g/mol. The lowest BCUT2D eigenvalue weighted by Crippen LogP contribution is -1.86. The third-order valence-electron chi connectivity index (χ3n) is 2.11. The van der Waals surface area contributed by atoms with Crippen LogP contribution in [0.15, 0.2) is 12.1 Å². The highest BCUT2D eigenvalue weighted by molar-refractivity contribution is 6.35. The molecule has 0 saturated heterocycles. The van der Waals surface area contributed by atoms with Crippen LogP contribution >= 0.6 is 11.6 Å². The summed E-state index contributed by atoms with van der Waals surface area (Å²) >= 11 is 5.82. The first-order valence-corrected chi connectivity index (χ1v) is 4.40. The van der Waals surface area contributed by atoms with Gasteiger partial charge in [-0.1, -0.05) is 17.7 Å². The molecule has 0 atom stereocenters. The molecule has 1 aromatic carbocycles. The second-order valence-corrected chi connectivity index (χ2v) is 3.43. The summed E-state index contributed by atoms with van der Waals surface area (Å²) in [6.45, 7) is 1.75. The zero-order valence-corrected chi connectivity index (χ0v) is 8.07. The van der Waals surface area contributed by atoms with Gasteiger partial charge >= 0.3 is 0 Å². The number of alkyl halides is 2. The van der Waals surface area contributed by atoms with E-state index in [4.69, 9.17) is 11.6 Å². The monoisotopic (exact) mass is 216 g/mol. The summed E-state index contributed by atoms with van der Waals surface area (Å²) in [4.78, 5) is 0. The van der Waals surface area contributed by atoms with Crippen molar-refractivity contribution in [1.82, 2.24) is 10.2 Å². The van der Waals surface area contributed by atoms with Gasteiger partial charge in [-0.3, -0.25) is 5.10 Å². The summed E-state index contributed by atoms with van der Waals surface area (Å²) in [5, 5.41) is 6.88. The van der Waals surface area contributed by atoms with E-state index in [0.717, 1.165) is 5.56 Å².